The summed E-state index contributed by atoms with van der Waals surface area (Å²) in [6.45, 7) is 0. The molecule has 1 atom stereocenters. The van der Waals surface area contributed by atoms with Crippen molar-refractivity contribution in [2.45, 2.75) is 4.90 Å². The first kappa shape index (κ1) is 8.14. The van der Waals surface area contributed by atoms with Crippen molar-refractivity contribution in [1.82, 2.24) is 0 Å². The highest BCUT2D eigenvalue weighted by molar-refractivity contribution is 7.84. The fraction of sp³-hybridized carbons (Fsp3) is 0.125. The van der Waals surface area contributed by atoms with Crippen molar-refractivity contribution in [2.24, 2.45) is 0 Å². The van der Waals surface area contributed by atoms with Crippen LogP contribution in [-0.2, 0) is 10.8 Å². The zero-order valence-corrected chi connectivity index (χ0v) is 6.93. The Hall–Kier alpha value is -0.960. The summed E-state index contributed by atoms with van der Waals surface area (Å²) in [5, 5.41) is 0. The van der Waals surface area contributed by atoms with Crippen LogP contribution < -0.4 is 0 Å². The van der Waals surface area contributed by atoms with Crippen molar-refractivity contribution in [2.75, 3.05) is 6.26 Å². The van der Waals surface area contributed by atoms with E-state index in [1.165, 1.54) is 0 Å². The molecule has 0 fully saturated rings. The fourth-order valence-corrected chi connectivity index (χ4v) is 1.56. The minimum absolute atomic E-state index is 0.508. The van der Waals surface area contributed by atoms with Crippen molar-refractivity contribution in [3.8, 4) is 0 Å². The minimum Gasteiger partial charge on any atom is -0.298 e. The summed E-state index contributed by atoms with van der Waals surface area (Å²) in [7, 11) is -1.07. The van der Waals surface area contributed by atoms with Gasteiger partial charge in [-0.2, -0.15) is 0 Å². The third-order valence-corrected chi connectivity index (χ3v) is 2.35. The average molecular weight is 168 g/mol. The molecular weight excluding hydrogens is 160 g/mol. The third kappa shape index (κ3) is 1.74. The normalized spacial score (nSPS) is 12.5. The Morgan fingerprint density at radius 3 is 2.45 bits per heavy atom. The Balaban J connectivity index is 3.22. The Morgan fingerprint density at radius 1 is 1.36 bits per heavy atom. The van der Waals surface area contributed by atoms with E-state index in [9.17, 15) is 9.00 Å². The summed E-state index contributed by atoms with van der Waals surface area (Å²) in [6.07, 6.45) is 2.28. The Kier molecular flexibility index (Phi) is 2.54. The first-order valence-electron chi connectivity index (χ1n) is 3.13. The summed E-state index contributed by atoms with van der Waals surface area (Å²) in [5.41, 5.74) is 0.508. The molecular formula is C8H8O2S. The molecule has 1 aromatic rings. The van der Waals surface area contributed by atoms with Crippen LogP contribution in [-0.4, -0.2) is 16.8 Å². The lowest BCUT2D eigenvalue weighted by molar-refractivity contribution is 0.112. The van der Waals surface area contributed by atoms with Gasteiger partial charge in [-0.05, 0) is 6.07 Å². The van der Waals surface area contributed by atoms with E-state index in [-0.39, 0.29) is 0 Å². The van der Waals surface area contributed by atoms with Gasteiger partial charge < -0.3 is 0 Å². The first-order chi connectivity index (χ1) is 5.25. The summed E-state index contributed by atoms with van der Waals surface area (Å²) >= 11 is 0. The van der Waals surface area contributed by atoms with Gasteiger partial charge in [0.25, 0.3) is 0 Å². The molecule has 1 aromatic carbocycles. The van der Waals surface area contributed by atoms with Crippen LogP contribution in [0, 0.1) is 0 Å². The minimum atomic E-state index is -1.07. The maximum absolute atomic E-state index is 11.0. The number of hydrogen-bond acceptors (Lipinski definition) is 2. The van der Waals surface area contributed by atoms with Crippen molar-refractivity contribution in [3.05, 3.63) is 29.8 Å². The third-order valence-electron chi connectivity index (χ3n) is 1.36. The molecule has 11 heavy (non-hydrogen) atoms. The lowest BCUT2D eigenvalue weighted by Gasteiger charge is -1.97. The highest BCUT2D eigenvalue weighted by Gasteiger charge is 2.01. The number of benzene rings is 1. The van der Waals surface area contributed by atoms with Crippen LogP contribution in [0.25, 0.3) is 0 Å². The zero-order valence-electron chi connectivity index (χ0n) is 6.11. The average Bonchev–Trinajstić information content (AvgIpc) is 2.04. The molecule has 0 radical (unpaired) electrons. The molecule has 2 nitrogen and oxygen atoms in total. The van der Waals surface area contributed by atoms with E-state index in [1.807, 2.05) is 0 Å². The number of carbonyl (C=O) groups is 1. The van der Waals surface area contributed by atoms with Crippen LogP contribution in [0.3, 0.4) is 0 Å². The highest BCUT2D eigenvalue weighted by atomic mass is 32.2. The maximum atomic E-state index is 11.0. The first-order valence-corrected chi connectivity index (χ1v) is 4.69. The summed E-state index contributed by atoms with van der Waals surface area (Å²) in [6, 6.07) is 6.87. The topological polar surface area (TPSA) is 34.1 Å². The standard InChI is InChI=1S/C8H8O2S/c1-11(10)8-5-3-2-4-7(8)6-9/h2-6H,1H3. The van der Waals surface area contributed by atoms with Crippen LogP contribution in [0.15, 0.2) is 29.2 Å². The molecule has 0 saturated heterocycles. The highest BCUT2D eigenvalue weighted by Crippen LogP contribution is 2.09. The predicted molar refractivity (Wildman–Crippen MR) is 44.2 cm³/mol. The Labute approximate surface area is 67.7 Å². The zero-order chi connectivity index (χ0) is 8.27. The molecule has 0 bridgehead atoms. The van der Waals surface area contributed by atoms with Gasteiger partial charge in [0.1, 0.15) is 0 Å². The van der Waals surface area contributed by atoms with Crippen molar-refractivity contribution in [3.63, 3.8) is 0 Å². The molecule has 1 unspecified atom stereocenters. The molecule has 0 aliphatic rings. The molecule has 3 heteroatoms. The van der Waals surface area contributed by atoms with Crippen LogP contribution in [0.5, 0.6) is 0 Å². The number of aldehydes is 1. The largest absolute Gasteiger partial charge is 0.298 e. The monoisotopic (exact) mass is 168 g/mol. The molecule has 0 aliphatic carbocycles. The Bertz CT molecular complexity index is 294. The lowest BCUT2D eigenvalue weighted by Crippen LogP contribution is -1.93. The molecule has 0 aliphatic heterocycles. The number of carbonyl (C=O) groups excluding carboxylic acids is 1. The summed E-state index contributed by atoms with van der Waals surface area (Å²) < 4.78 is 11.0. The van der Waals surface area contributed by atoms with E-state index >= 15 is 0 Å². The van der Waals surface area contributed by atoms with E-state index in [4.69, 9.17) is 0 Å². The van der Waals surface area contributed by atoms with Gasteiger partial charge in [0.15, 0.2) is 6.29 Å². The van der Waals surface area contributed by atoms with Gasteiger partial charge in [-0.1, -0.05) is 18.2 Å². The second kappa shape index (κ2) is 3.44. The molecule has 0 saturated carbocycles. The van der Waals surface area contributed by atoms with Gasteiger partial charge in [0.05, 0.1) is 10.8 Å². The quantitative estimate of drug-likeness (QED) is 0.622. The van der Waals surface area contributed by atoms with Crippen LogP contribution in [0.4, 0.5) is 0 Å². The van der Waals surface area contributed by atoms with Crippen LogP contribution in [0.2, 0.25) is 0 Å². The van der Waals surface area contributed by atoms with Crippen molar-refractivity contribution >= 4 is 17.1 Å². The molecule has 0 amide bonds. The van der Waals surface area contributed by atoms with Gasteiger partial charge in [0, 0.05) is 16.7 Å². The second-order valence-corrected chi connectivity index (χ2v) is 3.46. The molecule has 0 aromatic heterocycles. The SMILES string of the molecule is CS(=O)c1ccccc1C=O. The Morgan fingerprint density at radius 2 is 2.00 bits per heavy atom. The molecule has 0 heterocycles. The summed E-state index contributed by atoms with van der Waals surface area (Å²) in [4.78, 5) is 11.0. The van der Waals surface area contributed by atoms with Crippen molar-refractivity contribution < 1.29 is 9.00 Å². The van der Waals surface area contributed by atoms with Gasteiger partial charge in [-0.25, -0.2) is 0 Å². The molecule has 58 valence electrons. The van der Waals surface area contributed by atoms with E-state index in [1.54, 1.807) is 30.5 Å². The van der Waals surface area contributed by atoms with Gasteiger partial charge >= 0.3 is 0 Å². The number of rotatable bonds is 2. The fourth-order valence-electron chi connectivity index (χ4n) is 0.840. The van der Waals surface area contributed by atoms with E-state index in [2.05, 4.69) is 0 Å². The van der Waals surface area contributed by atoms with E-state index < -0.39 is 10.8 Å². The molecule has 0 spiro atoms. The van der Waals surface area contributed by atoms with Crippen LogP contribution in [0.1, 0.15) is 10.4 Å². The number of hydrogen-bond donors (Lipinski definition) is 0. The van der Waals surface area contributed by atoms with E-state index in [0.29, 0.717) is 10.5 Å². The maximum Gasteiger partial charge on any atom is 0.151 e. The molecule has 1 rings (SSSR count). The van der Waals surface area contributed by atoms with Gasteiger partial charge in [-0.15, -0.1) is 0 Å². The van der Waals surface area contributed by atoms with E-state index in [0.717, 1.165) is 6.29 Å². The smallest absolute Gasteiger partial charge is 0.151 e. The van der Waals surface area contributed by atoms with Gasteiger partial charge in [0.2, 0.25) is 0 Å². The van der Waals surface area contributed by atoms with Gasteiger partial charge in [-0.3, -0.25) is 9.00 Å². The van der Waals surface area contributed by atoms with Crippen LogP contribution >= 0.6 is 0 Å². The predicted octanol–water partition coefficient (Wildman–Crippen LogP) is 1.24. The lowest BCUT2D eigenvalue weighted by atomic mass is 10.2. The summed E-state index contributed by atoms with van der Waals surface area (Å²) in [5.74, 6) is 0. The molecule has 0 N–H and O–H groups in total. The second-order valence-electron chi connectivity index (χ2n) is 2.11. The van der Waals surface area contributed by atoms with Crippen molar-refractivity contribution in [1.29, 1.82) is 0 Å².